The summed E-state index contributed by atoms with van der Waals surface area (Å²) in [4.78, 5) is 15.6. The molecule has 26 heavy (non-hydrogen) atoms. The first-order valence-corrected chi connectivity index (χ1v) is 9.27. The van der Waals surface area contributed by atoms with Crippen molar-refractivity contribution in [3.05, 3.63) is 69.8 Å². The van der Waals surface area contributed by atoms with Crippen LogP contribution < -0.4 is 0 Å². The molecule has 3 aromatic rings. The minimum absolute atomic E-state index is 0.0523. The molecule has 132 valence electrons. The van der Waals surface area contributed by atoms with Crippen molar-refractivity contribution in [1.82, 2.24) is 4.90 Å². The zero-order valence-electron chi connectivity index (χ0n) is 14.9. The maximum absolute atomic E-state index is 13.5. The van der Waals surface area contributed by atoms with Crippen molar-refractivity contribution in [1.29, 1.82) is 5.26 Å². The molecule has 1 aromatic heterocycles. The van der Waals surface area contributed by atoms with Crippen LogP contribution in [0.5, 0.6) is 0 Å². The van der Waals surface area contributed by atoms with E-state index >= 15 is 0 Å². The normalized spacial score (nSPS) is 12.0. The fourth-order valence-electron chi connectivity index (χ4n) is 3.14. The summed E-state index contributed by atoms with van der Waals surface area (Å²) in [6.07, 6.45) is 0. The van der Waals surface area contributed by atoms with Crippen molar-refractivity contribution in [2.24, 2.45) is 0 Å². The van der Waals surface area contributed by atoms with Crippen molar-refractivity contribution < 1.29 is 9.18 Å². The summed E-state index contributed by atoms with van der Waals surface area (Å²) < 4.78 is 14.5. The molecule has 0 saturated heterocycles. The predicted octanol–water partition coefficient (Wildman–Crippen LogP) is 5.44. The molecule has 0 aliphatic heterocycles. The fraction of sp³-hybridized carbons (Fsp3) is 0.238. The lowest BCUT2D eigenvalue weighted by molar-refractivity contribution is 0.0707. The molecule has 1 unspecified atom stereocenters. The van der Waals surface area contributed by atoms with Gasteiger partial charge in [0.2, 0.25) is 0 Å². The zero-order chi connectivity index (χ0) is 18.8. The Labute approximate surface area is 156 Å². The molecule has 1 heterocycles. The first-order chi connectivity index (χ1) is 12.5. The van der Waals surface area contributed by atoms with Gasteiger partial charge in [-0.1, -0.05) is 12.1 Å². The van der Waals surface area contributed by atoms with Gasteiger partial charge in [0.15, 0.2) is 0 Å². The Morgan fingerprint density at radius 1 is 1.27 bits per heavy atom. The lowest BCUT2D eigenvalue weighted by Gasteiger charge is -2.28. The number of nitriles is 1. The second-order valence-electron chi connectivity index (χ2n) is 6.20. The van der Waals surface area contributed by atoms with E-state index in [0.29, 0.717) is 17.0 Å². The highest BCUT2D eigenvalue weighted by atomic mass is 32.1. The zero-order valence-corrected chi connectivity index (χ0v) is 15.7. The predicted molar refractivity (Wildman–Crippen MR) is 103 cm³/mol. The highest BCUT2D eigenvalue weighted by Crippen LogP contribution is 2.33. The molecule has 0 aliphatic carbocycles. The van der Waals surface area contributed by atoms with Gasteiger partial charge in [0.1, 0.15) is 5.82 Å². The summed E-state index contributed by atoms with van der Waals surface area (Å²) in [7, 11) is 0. The summed E-state index contributed by atoms with van der Waals surface area (Å²) in [5, 5.41) is 9.73. The number of hydrogen-bond donors (Lipinski definition) is 0. The number of rotatable bonds is 4. The highest BCUT2D eigenvalue weighted by molar-refractivity contribution is 7.21. The first-order valence-electron chi connectivity index (χ1n) is 8.46. The summed E-state index contributed by atoms with van der Waals surface area (Å²) >= 11 is 1.40. The first kappa shape index (κ1) is 18.1. The maximum Gasteiger partial charge on any atom is 0.264 e. The highest BCUT2D eigenvalue weighted by Gasteiger charge is 2.25. The quantitative estimate of drug-likeness (QED) is 0.617. The van der Waals surface area contributed by atoms with Crippen LogP contribution in [0.2, 0.25) is 0 Å². The average Bonchev–Trinajstić information content (AvgIpc) is 2.98. The molecule has 0 radical (unpaired) electrons. The van der Waals surface area contributed by atoms with Crippen LogP contribution >= 0.6 is 11.3 Å². The topological polar surface area (TPSA) is 44.1 Å². The second kappa shape index (κ2) is 7.27. The Balaban J connectivity index is 1.96. The molecule has 0 bridgehead atoms. The van der Waals surface area contributed by atoms with Gasteiger partial charge in [0.25, 0.3) is 5.91 Å². The van der Waals surface area contributed by atoms with Crippen molar-refractivity contribution >= 4 is 27.3 Å². The third kappa shape index (κ3) is 3.21. The van der Waals surface area contributed by atoms with Gasteiger partial charge >= 0.3 is 0 Å². The minimum atomic E-state index is -0.296. The van der Waals surface area contributed by atoms with E-state index in [-0.39, 0.29) is 17.8 Å². The van der Waals surface area contributed by atoms with Gasteiger partial charge in [-0.2, -0.15) is 5.26 Å². The van der Waals surface area contributed by atoms with E-state index in [1.807, 2.05) is 32.9 Å². The number of hydrogen-bond acceptors (Lipinski definition) is 3. The van der Waals surface area contributed by atoms with Crippen LogP contribution in [-0.2, 0) is 0 Å². The monoisotopic (exact) mass is 366 g/mol. The van der Waals surface area contributed by atoms with Gasteiger partial charge in [0.05, 0.1) is 22.6 Å². The Bertz CT molecular complexity index is 1000. The number of fused-ring (bicyclic) bond motifs is 1. The molecule has 0 saturated carbocycles. The van der Waals surface area contributed by atoms with Crippen LogP contribution in [0.3, 0.4) is 0 Å². The van der Waals surface area contributed by atoms with Crippen molar-refractivity contribution in [2.45, 2.75) is 26.8 Å². The molecule has 1 atom stereocenters. The second-order valence-corrected chi connectivity index (χ2v) is 7.25. The van der Waals surface area contributed by atoms with Crippen LogP contribution in [0.1, 0.15) is 46.3 Å². The van der Waals surface area contributed by atoms with E-state index in [1.54, 1.807) is 23.1 Å². The van der Waals surface area contributed by atoms with E-state index in [4.69, 9.17) is 5.26 Å². The number of thiophene rings is 1. The van der Waals surface area contributed by atoms with Crippen molar-refractivity contribution in [2.75, 3.05) is 6.54 Å². The average molecular weight is 366 g/mol. The van der Waals surface area contributed by atoms with Crippen LogP contribution in [0, 0.1) is 24.1 Å². The van der Waals surface area contributed by atoms with Crippen molar-refractivity contribution in [3.63, 3.8) is 0 Å². The number of amides is 1. The lowest BCUT2D eigenvalue weighted by atomic mass is 10.0. The molecule has 0 aliphatic rings. The van der Waals surface area contributed by atoms with Crippen LogP contribution in [0.4, 0.5) is 4.39 Å². The Morgan fingerprint density at radius 2 is 1.96 bits per heavy atom. The fourth-order valence-corrected chi connectivity index (χ4v) is 4.28. The van der Waals surface area contributed by atoms with E-state index < -0.39 is 0 Å². The number of carbonyl (C=O) groups excluding carboxylic acids is 1. The largest absolute Gasteiger partial charge is 0.331 e. The summed E-state index contributed by atoms with van der Waals surface area (Å²) in [6.45, 7) is 6.35. The van der Waals surface area contributed by atoms with Gasteiger partial charge in [-0.05, 0) is 67.6 Å². The summed E-state index contributed by atoms with van der Waals surface area (Å²) in [6, 6.07) is 13.9. The molecule has 0 N–H and O–H groups in total. The number of benzene rings is 2. The molecular formula is C21H19FN2OS. The number of nitrogens with zero attached hydrogens (tertiary/aromatic N) is 2. The van der Waals surface area contributed by atoms with Crippen LogP contribution in [-0.4, -0.2) is 17.4 Å². The molecular weight excluding hydrogens is 347 g/mol. The maximum atomic E-state index is 13.5. The lowest BCUT2D eigenvalue weighted by Crippen LogP contribution is -2.33. The standard InChI is InChI=1S/C21H19FN2OS/c1-4-24(14(3)16-7-5-15(12-23)6-8-16)21(25)20-13(2)18-11-17(22)9-10-19(18)26-20/h5-11,14H,4H2,1-3H3. The van der Waals surface area contributed by atoms with E-state index in [1.165, 1.54) is 23.5 Å². The number of halogens is 1. The van der Waals surface area contributed by atoms with Crippen molar-refractivity contribution in [3.8, 4) is 6.07 Å². The molecule has 0 spiro atoms. The van der Waals surface area contributed by atoms with Gasteiger partial charge < -0.3 is 4.90 Å². The molecule has 1 amide bonds. The molecule has 3 nitrogen and oxygen atoms in total. The SMILES string of the molecule is CCN(C(=O)c1sc2ccc(F)cc2c1C)C(C)c1ccc(C#N)cc1. The Hall–Kier alpha value is -2.71. The molecule has 2 aromatic carbocycles. The van der Waals surface area contributed by atoms with E-state index in [2.05, 4.69) is 6.07 Å². The molecule has 0 fully saturated rings. The van der Waals surface area contributed by atoms with Gasteiger partial charge in [0, 0.05) is 11.2 Å². The number of carbonyl (C=O) groups is 1. The Morgan fingerprint density at radius 3 is 2.58 bits per heavy atom. The van der Waals surface area contributed by atoms with E-state index in [9.17, 15) is 9.18 Å². The summed E-state index contributed by atoms with van der Waals surface area (Å²) in [5.41, 5.74) is 2.39. The smallest absolute Gasteiger partial charge is 0.264 e. The minimum Gasteiger partial charge on any atom is -0.331 e. The van der Waals surface area contributed by atoms with Gasteiger partial charge in [-0.25, -0.2) is 4.39 Å². The summed E-state index contributed by atoms with van der Waals surface area (Å²) in [5.74, 6) is -0.348. The third-order valence-electron chi connectivity index (χ3n) is 4.68. The van der Waals surface area contributed by atoms with Gasteiger partial charge in [-0.3, -0.25) is 4.79 Å². The van der Waals surface area contributed by atoms with Gasteiger partial charge in [-0.15, -0.1) is 11.3 Å². The third-order valence-corrected chi connectivity index (χ3v) is 5.94. The van der Waals surface area contributed by atoms with Crippen LogP contribution in [0.15, 0.2) is 42.5 Å². The molecule has 3 rings (SSSR count). The molecule has 5 heteroatoms. The number of aryl methyl sites for hydroxylation is 1. The van der Waals surface area contributed by atoms with E-state index in [0.717, 1.165) is 21.2 Å². The van der Waals surface area contributed by atoms with Crippen LogP contribution in [0.25, 0.3) is 10.1 Å². The Kier molecular flexibility index (Phi) is 5.06.